The maximum Gasteiger partial charge on any atom is 0.417 e. The largest absolute Gasteiger partial charge is 0.417 e. The topological polar surface area (TPSA) is 51.1 Å². The van der Waals surface area contributed by atoms with E-state index in [4.69, 9.17) is 11.6 Å². The van der Waals surface area contributed by atoms with Gasteiger partial charge in [0.25, 0.3) is 5.56 Å². The van der Waals surface area contributed by atoms with Crippen molar-refractivity contribution in [2.24, 2.45) is 0 Å². The standard InChI is InChI=1S/C16H14ClF3N2O2/c1-10(11-5-3-2-4-6-11)21-14(23)9-22-8-12(16(18,19)20)7-13(17)15(22)24/h2-8,10H,9H2,1H3,(H,21,23)/t10-/m1/s1. The summed E-state index contributed by atoms with van der Waals surface area (Å²) in [6.07, 6.45) is -4.08. The molecule has 0 saturated heterocycles. The summed E-state index contributed by atoms with van der Waals surface area (Å²) in [5, 5.41) is 2.04. The fraction of sp³-hybridized carbons (Fsp3) is 0.250. The number of rotatable bonds is 4. The average Bonchev–Trinajstić information content (AvgIpc) is 2.51. The van der Waals surface area contributed by atoms with Crippen LogP contribution in [-0.4, -0.2) is 10.5 Å². The molecule has 1 aromatic carbocycles. The Morgan fingerprint density at radius 1 is 1.29 bits per heavy atom. The molecule has 8 heteroatoms. The van der Waals surface area contributed by atoms with Gasteiger partial charge in [-0.25, -0.2) is 0 Å². The molecular formula is C16H14ClF3N2O2. The van der Waals surface area contributed by atoms with Gasteiger partial charge in [0.15, 0.2) is 0 Å². The quantitative estimate of drug-likeness (QED) is 0.910. The summed E-state index contributed by atoms with van der Waals surface area (Å²) >= 11 is 5.55. The Balaban J connectivity index is 2.17. The van der Waals surface area contributed by atoms with Crippen molar-refractivity contribution < 1.29 is 18.0 Å². The van der Waals surface area contributed by atoms with Gasteiger partial charge in [-0.2, -0.15) is 13.2 Å². The summed E-state index contributed by atoms with van der Waals surface area (Å²) in [7, 11) is 0. The number of benzene rings is 1. The number of amides is 1. The minimum absolute atomic E-state index is 0.351. The van der Waals surface area contributed by atoms with Gasteiger partial charge in [0.1, 0.15) is 11.6 Å². The van der Waals surface area contributed by atoms with Crippen LogP contribution < -0.4 is 10.9 Å². The number of pyridine rings is 1. The van der Waals surface area contributed by atoms with E-state index < -0.39 is 34.8 Å². The molecule has 1 heterocycles. The van der Waals surface area contributed by atoms with Gasteiger partial charge in [-0.15, -0.1) is 0 Å². The van der Waals surface area contributed by atoms with E-state index in [2.05, 4.69) is 5.32 Å². The number of nitrogens with one attached hydrogen (secondary N) is 1. The van der Waals surface area contributed by atoms with E-state index in [1.165, 1.54) is 0 Å². The minimum Gasteiger partial charge on any atom is -0.348 e. The predicted octanol–water partition coefficient (Wildman–Crippen LogP) is 3.40. The van der Waals surface area contributed by atoms with E-state index in [-0.39, 0.29) is 6.04 Å². The lowest BCUT2D eigenvalue weighted by atomic mass is 10.1. The van der Waals surface area contributed by atoms with Crippen molar-refractivity contribution in [3.63, 3.8) is 0 Å². The number of carbonyl (C=O) groups is 1. The first-order valence-electron chi connectivity index (χ1n) is 7.00. The van der Waals surface area contributed by atoms with Crippen LogP contribution in [0.5, 0.6) is 0 Å². The lowest BCUT2D eigenvalue weighted by Gasteiger charge is -2.16. The number of hydrogen-bond acceptors (Lipinski definition) is 2. The zero-order chi connectivity index (χ0) is 17.9. The summed E-state index contributed by atoms with van der Waals surface area (Å²) in [5.74, 6) is -0.594. The zero-order valence-electron chi connectivity index (χ0n) is 12.6. The van der Waals surface area contributed by atoms with Gasteiger partial charge in [0.2, 0.25) is 5.91 Å². The van der Waals surface area contributed by atoms with Crippen molar-refractivity contribution in [3.8, 4) is 0 Å². The molecule has 0 aliphatic carbocycles. The molecule has 0 fully saturated rings. The molecule has 1 amide bonds. The Bertz CT molecular complexity index is 788. The highest BCUT2D eigenvalue weighted by molar-refractivity contribution is 6.30. The monoisotopic (exact) mass is 358 g/mol. The van der Waals surface area contributed by atoms with Crippen molar-refractivity contribution in [2.45, 2.75) is 25.7 Å². The average molecular weight is 359 g/mol. The number of aromatic nitrogens is 1. The Kier molecular flexibility index (Phi) is 5.33. The Morgan fingerprint density at radius 2 is 1.92 bits per heavy atom. The Hall–Kier alpha value is -2.28. The third-order valence-corrected chi connectivity index (χ3v) is 3.63. The lowest BCUT2D eigenvalue weighted by Crippen LogP contribution is -2.34. The number of hydrogen-bond donors (Lipinski definition) is 1. The van der Waals surface area contributed by atoms with Crippen LogP contribution in [0.3, 0.4) is 0 Å². The van der Waals surface area contributed by atoms with E-state index >= 15 is 0 Å². The van der Waals surface area contributed by atoms with E-state index in [9.17, 15) is 22.8 Å². The smallest absolute Gasteiger partial charge is 0.348 e. The Morgan fingerprint density at radius 3 is 2.50 bits per heavy atom. The number of halogens is 4. The van der Waals surface area contributed by atoms with Gasteiger partial charge in [-0.1, -0.05) is 41.9 Å². The normalized spacial score (nSPS) is 12.7. The van der Waals surface area contributed by atoms with Gasteiger partial charge in [-0.3, -0.25) is 9.59 Å². The molecule has 2 rings (SSSR count). The van der Waals surface area contributed by atoms with Crippen LogP contribution in [0.15, 0.2) is 47.4 Å². The van der Waals surface area contributed by atoms with E-state index in [1.807, 2.05) is 6.07 Å². The fourth-order valence-corrected chi connectivity index (χ4v) is 2.36. The maximum absolute atomic E-state index is 12.8. The van der Waals surface area contributed by atoms with Crippen LogP contribution in [0.1, 0.15) is 24.1 Å². The third-order valence-electron chi connectivity index (χ3n) is 3.36. The molecule has 0 radical (unpaired) electrons. The first-order chi connectivity index (χ1) is 11.2. The highest BCUT2D eigenvalue weighted by Crippen LogP contribution is 2.29. The molecule has 0 bridgehead atoms. The molecule has 0 unspecified atom stereocenters. The van der Waals surface area contributed by atoms with Crippen molar-refractivity contribution in [3.05, 3.63) is 69.1 Å². The summed E-state index contributed by atoms with van der Waals surface area (Å²) in [4.78, 5) is 23.8. The van der Waals surface area contributed by atoms with Crippen LogP contribution >= 0.6 is 11.6 Å². The molecule has 1 N–H and O–H groups in total. The van der Waals surface area contributed by atoms with Crippen LogP contribution in [0.2, 0.25) is 5.02 Å². The molecule has 0 saturated carbocycles. The summed E-state index contributed by atoms with van der Waals surface area (Å²) in [6, 6.07) is 9.23. The molecule has 24 heavy (non-hydrogen) atoms. The van der Waals surface area contributed by atoms with Gasteiger partial charge in [0, 0.05) is 6.20 Å². The van der Waals surface area contributed by atoms with Crippen LogP contribution in [0.4, 0.5) is 13.2 Å². The number of nitrogens with zero attached hydrogens (tertiary/aromatic N) is 1. The van der Waals surface area contributed by atoms with E-state index in [0.29, 0.717) is 16.8 Å². The second kappa shape index (κ2) is 7.09. The molecule has 1 aromatic heterocycles. The molecule has 128 valence electrons. The van der Waals surface area contributed by atoms with Crippen molar-refractivity contribution >= 4 is 17.5 Å². The second-order valence-corrected chi connectivity index (χ2v) is 5.61. The summed E-state index contributed by atoms with van der Waals surface area (Å²) < 4.78 is 39.0. The second-order valence-electron chi connectivity index (χ2n) is 5.21. The fourth-order valence-electron chi connectivity index (χ4n) is 2.14. The molecule has 4 nitrogen and oxygen atoms in total. The third kappa shape index (κ3) is 4.38. The van der Waals surface area contributed by atoms with Crippen molar-refractivity contribution in [1.29, 1.82) is 0 Å². The summed E-state index contributed by atoms with van der Waals surface area (Å²) in [5.41, 5.74) is -1.11. The number of alkyl halides is 3. The van der Waals surface area contributed by atoms with Gasteiger partial charge < -0.3 is 9.88 Å². The maximum atomic E-state index is 12.8. The van der Waals surface area contributed by atoms with Gasteiger partial charge >= 0.3 is 6.18 Å². The molecule has 0 aliphatic rings. The lowest BCUT2D eigenvalue weighted by molar-refractivity contribution is -0.138. The first kappa shape index (κ1) is 18.1. The van der Waals surface area contributed by atoms with Gasteiger partial charge in [0.05, 0.1) is 11.6 Å². The van der Waals surface area contributed by atoms with E-state index in [0.717, 1.165) is 5.56 Å². The molecule has 1 atom stereocenters. The molecule has 0 spiro atoms. The summed E-state index contributed by atoms with van der Waals surface area (Å²) in [6.45, 7) is 1.18. The predicted molar refractivity (Wildman–Crippen MR) is 83.7 cm³/mol. The van der Waals surface area contributed by atoms with Gasteiger partial charge in [-0.05, 0) is 18.6 Å². The Labute approximate surface area is 140 Å². The zero-order valence-corrected chi connectivity index (χ0v) is 13.4. The van der Waals surface area contributed by atoms with Crippen LogP contribution in [0.25, 0.3) is 0 Å². The van der Waals surface area contributed by atoms with Crippen molar-refractivity contribution in [2.75, 3.05) is 0 Å². The molecule has 0 aliphatic heterocycles. The highest BCUT2D eigenvalue weighted by atomic mass is 35.5. The molecule has 2 aromatic rings. The van der Waals surface area contributed by atoms with Crippen molar-refractivity contribution in [1.82, 2.24) is 9.88 Å². The minimum atomic E-state index is -4.66. The molecular weight excluding hydrogens is 345 g/mol. The van der Waals surface area contributed by atoms with Crippen LogP contribution in [-0.2, 0) is 17.5 Å². The van der Waals surface area contributed by atoms with Crippen LogP contribution in [0, 0.1) is 0 Å². The van der Waals surface area contributed by atoms with E-state index in [1.54, 1.807) is 31.2 Å². The number of carbonyl (C=O) groups excluding carboxylic acids is 1. The SMILES string of the molecule is C[C@@H](NC(=O)Cn1cc(C(F)(F)F)cc(Cl)c1=O)c1ccccc1. The highest BCUT2D eigenvalue weighted by Gasteiger charge is 2.32. The first-order valence-corrected chi connectivity index (χ1v) is 7.38.